The lowest BCUT2D eigenvalue weighted by Crippen LogP contribution is -2.12. The number of carbonyl (C=O) groups is 1. The summed E-state index contributed by atoms with van der Waals surface area (Å²) in [6.45, 7) is 0. The Bertz CT molecular complexity index is 963. The van der Waals surface area contributed by atoms with Crippen LogP contribution in [0.5, 0.6) is 0 Å². The third-order valence-corrected chi connectivity index (χ3v) is 5.28. The average Bonchev–Trinajstić information content (AvgIpc) is 3.09. The summed E-state index contributed by atoms with van der Waals surface area (Å²) < 4.78 is 23.2. The van der Waals surface area contributed by atoms with E-state index in [0.29, 0.717) is 11.3 Å². The molecule has 0 saturated carbocycles. The molecule has 1 aromatic heterocycles. The van der Waals surface area contributed by atoms with E-state index >= 15 is 0 Å². The van der Waals surface area contributed by atoms with E-state index < -0.39 is 9.84 Å². The Hall–Kier alpha value is -2.51. The molecular formula is C17H14N2O3S2. The highest BCUT2D eigenvalue weighted by molar-refractivity contribution is 7.90. The Morgan fingerprint density at radius 2 is 1.88 bits per heavy atom. The molecule has 0 atom stereocenters. The van der Waals surface area contributed by atoms with Crippen LogP contribution in [0.4, 0.5) is 5.69 Å². The molecule has 3 rings (SSSR count). The highest BCUT2D eigenvalue weighted by atomic mass is 32.2. The molecular weight excluding hydrogens is 344 g/mol. The Morgan fingerprint density at radius 3 is 2.50 bits per heavy atom. The molecule has 0 spiro atoms. The molecule has 5 nitrogen and oxygen atoms in total. The summed E-state index contributed by atoms with van der Waals surface area (Å²) in [6, 6.07) is 13.3. The molecule has 3 aromatic rings. The smallest absolute Gasteiger partial charge is 0.255 e. The van der Waals surface area contributed by atoms with Gasteiger partial charge in [-0.2, -0.15) is 0 Å². The summed E-state index contributed by atoms with van der Waals surface area (Å²) >= 11 is 1.54. The maximum Gasteiger partial charge on any atom is 0.255 e. The van der Waals surface area contributed by atoms with Gasteiger partial charge in [-0.1, -0.05) is 6.07 Å². The average molecular weight is 358 g/mol. The number of hydrogen-bond acceptors (Lipinski definition) is 5. The summed E-state index contributed by atoms with van der Waals surface area (Å²) in [6.07, 6.45) is 2.85. The number of hydrogen-bond donors (Lipinski definition) is 1. The van der Waals surface area contributed by atoms with Gasteiger partial charge in [-0.05, 0) is 42.5 Å². The van der Waals surface area contributed by atoms with E-state index in [-0.39, 0.29) is 10.8 Å². The summed E-state index contributed by atoms with van der Waals surface area (Å²) in [5.74, 6) is -0.359. The molecule has 0 aliphatic heterocycles. The molecule has 0 aliphatic carbocycles. The number of amides is 1. The first-order valence-electron chi connectivity index (χ1n) is 7.05. The van der Waals surface area contributed by atoms with E-state index in [9.17, 15) is 13.2 Å². The first-order valence-corrected chi connectivity index (χ1v) is 9.82. The first kappa shape index (κ1) is 16.4. The highest BCUT2D eigenvalue weighted by Gasteiger charge is 2.12. The van der Waals surface area contributed by atoms with Crippen molar-refractivity contribution in [2.24, 2.45) is 0 Å². The van der Waals surface area contributed by atoms with Crippen molar-refractivity contribution in [3.8, 4) is 10.6 Å². The van der Waals surface area contributed by atoms with Crippen LogP contribution in [-0.2, 0) is 9.84 Å². The van der Waals surface area contributed by atoms with Crippen LogP contribution in [0.3, 0.4) is 0 Å². The van der Waals surface area contributed by atoms with Crippen LogP contribution in [0.15, 0.2) is 65.0 Å². The highest BCUT2D eigenvalue weighted by Crippen LogP contribution is 2.23. The minimum atomic E-state index is -3.35. The van der Waals surface area contributed by atoms with E-state index in [4.69, 9.17) is 0 Å². The van der Waals surface area contributed by atoms with E-state index in [1.807, 2.05) is 17.5 Å². The number of aromatic nitrogens is 1. The molecule has 0 aliphatic rings. The van der Waals surface area contributed by atoms with Gasteiger partial charge in [0.15, 0.2) is 9.84 Å². The number of nitrogens with one attached hydrogen (secondary N) is 1. The predicted octanol–water partition coefficient (Wildman–Crippen LogP) is 3.47. The molecule has 0 bridgehead atoms. The van der Waals surface area contributed by atoms with Gasteiger partial charge in [0, 0.05) is 34.6 Å². The zero-order chi connectivity index (χ0) is 17.2. The van der Waals surface area contributed by atoms with Gasteiger partial charge in [-0.3, -0.25) is 4.79 Å². The van der Waals surface area contributed by atoms with Gasteiger partial charge in [-0.15, -0.1) is 11.3 Å². The van der Waals surface area contributed by atoms with E-state index in [0.717, 1.165) is 16.8 Å². The fourth-order valence-electron chi connectivity index (χ4n) is 2.13. The topological polar surface area (TPSA) is 76.1 Å². The quantitative estimate of drug-likeness (QED) is 0.775. The van der Waals surface area contributed by atoms with Crippen molar-refractivity contribution >= 4 is 32.8 Å². The molecule has 1 N–H and O–H groups in total. The van der Waals surface area contributed by atoms with Crippen LogP contribution < -0.4 is 5.32 Å². The molecule has 24 heavy (non-hydrogen) atoms. The second-order valence-corrected chi connectivity index (χ2v) is 8.08. The van der Waals surface area contributed by atoms with Crippen molar-refractivity contribution in [3.05, 3.63) is 65.7 Å². The fourth-order valence-corrected chi connectivity index (χ4v) is 3.44. The second kappa shape index (κ2) is 6.54. The van der Waals surface area contributed by atoms with Crippen molar-refractivity contribution in [2.45, 2.75) is 4.90 Å². The number of rotatable bonds is 4. The van der Waals surface area contributed by atoms with Crippen LogP contribution in [0.1, 0.15) is 10.4 Å². The molecule has 2 aromatic carbocycles. The number of anilines is 1. The number of carbonyl (C=O) groups excluding carboxylic acids is 1. The SMILES string of the molecule is CS(=O)(=O)c1cccc(C(=O)Nc2ccc(-c3nccs3)cc2)c1. The zero-order valence-electron chi connectivity index (χ0n) is 12.8. The minimum Gasteiger partial charge on any atom is -0.322 e. The molecule has 0 radical (unpaired) electrons. The monoisotopic (exact) mass is 358 g/mol. The third-order valence-electron chi connectivity index (χ3n) is 3.35. The van der Waals surface area contributed by atoms with Crippen molar-refractivity contribution in [1.82, 2.24) is 4.98 Å². The second-order valence-electron chi connectivity index (χ2n) is 5.17. The van der Waals surface area contributed by atoms with Crippen molar-refractivity contribution in [1.29, 1.82) is 0 Å². The molecule has 122 valence electrons. The van der Waals surface area contributed by atoms with Crippen molar-refractivity contribution < 1.29 is 13.2 Å². The summed E-state index contributed by atoms with van der Waals surface area (Å²) in [5.41, 5.74) is 1.90. The Balaban J connectivity index is 1.78. The Kier molecular flexibility index (Phi) is 4.46. The number of nitrogens with zero attached hydrogens (tertiary/aromatic N) is 1. The van der Waals surface area contributed by atoms with Gasteiger partial charge in [0.1, 0.15) is 5.01 Å². The lowest BCUT2D eigenvalue weighted by molar-refractivity contribution is 0.102. The Labute approximate surface area is 143 Å². The molecule has 0 unspecified atom stereocenters. The van der Waals surface area contributed by atoms with Crippen LogP contribution in [0.2, 0.25) is 0 Å². The normalized spacial score (nSPS) is 11.2. The molecule has 1 amide bonds. The summed E-state index contributed by atoms with van der Waals surface area (Å²) in [7, 11) is -3.35. The molecule has 7 heteroatoms. The van der Waals surface area contributed by atoms with Crippen LogP contribution in [0, 0.1) is 0 Å². The minimum absolute atomic E-state index is 0.120. The van der Waals surface area contributed by atoms with Gasteiger partial charge >= 0.3 is 0 Å². The predicted molar refractivity (Wildman–Crippen MR) is 95.1 cm³/mol. The van der Waals surface area contributed by atoms with Crippen LogP contribution >= 0.6 is 11.3 Å². The van der Waals surface area contributed by atoms with E-state index in [2.05, 4.69) is 10.3 Å². The van der Waals surface area contributed by atoms with Gasteiger partial charge in [-0.25, -0.2) is 13.4 Å². The third kappa shape index (κ3) is 3.69. The van der Waals surface area contributed by atoms with Gasteiger partial charge in [0.05, 0.1) is 4.90 Å². The van der Waals surface area contributed by atoms with Gasteiger partial charge in [0.25, 0.3) is 5.91 Å². The Morgan fingerprint density at radius 1 is 1.12 bits per heavy atom. The van der Waals surface area contributed by atoms with Crippen LogP contribution in [0.25, 0.3) is 10.6 Å². The van der Waals surface area contributed by atoms with Crippen molar-refractivity contribution in [3.63, 3.8) is 0 Å². The van der Waals surface area contributed by atoms with Crippen molar-refractivity contribution in [2.75, 3.05) is 11.6 Å². The number of thiazole rings is 1. The van der Waals surface area contributed by atoms with E-state index in [1.165, 1.54) is 12.1 Å². The summed E-state index contributed by atoms with van der Waals surface area (Å²) in [5, 5.41) is 5.57. The largest absolute Gasteiger partial charge is 0.322 e. The molecule has 0 fully saturated rings. The summed E-state index contributed by atoms with van der Waals surface area (Å²) in [4.78, 5) is 16.6. The number of benzene rings is 2. The van der Waals surface area contributed by atoms with Crippen LogP contribution in [-0.4, -0.2) is 25.6 Å². The fraction of sp³-hybridized carbons (Fsp3) is 0.0588. The molecule has 0 saturated heterocycles. The standard InChI is InChI=1S/C17H14N2O3S2/c1-24(21,22)15-4-2-3-13(11-15)16(20)19-14-7-5-12(6-8-14)17-18-9-10-23-17/h2-11H,1H3,(H,19,20). The van der Waals surface area contributed by atoms with Gasteiger partial charge < -0.3 is 5.32 Å². The lowest BCUT2D eigenvalue weighted by atomic mass is 10.2. The maximum atomic E-state index is 12.3. The molecule has 1 heterocycles. The maximum absolute atomic E-state index is 12.3. The first-order chi connectivity index (χ1) is 11.4. The van der Waals surface area contributed by atoms with Gasteiger partial charge in [0.2, 0.25) is 0 Å². The number of sulfone groups is 1. The lowest BCUT2D eigenvalue weighted by Gasteiger charge is -2.07. The zero-order valence-corrected chi connectivity index (χ0v) is 14.4. The van der Waals surface area contributed by atoms with E-state index in [1.54, 1.807) is 41.8 Å².